The molecule has 0 atom stereocenters. The quantitative estimate of drug-likeness (QED) is 0.599. The fourth-order valence-corrected chi connectivity index (χ4v) is 3.49. The SMILES string of the molecule is CCOc1ccccc1COc1ccnc2c(C)c(C)n(CC3CC3)c12. The normalized spacial score (nSPS) is 14.0. The highest BCUT2D eigenvalue weighted by Crippen LogP contribution is 2.37. The summed E-state index contributed by atoms with van der Waals surface area (Å²) in [6.07, 6.45) is 4.51. The molecule has 0 N–H and O–H groups in total. The fourth-order valence-electron chi connectivity index (χ4n) is 3.49. The Hall–Kier alpha value is -2.49. The molecule has 2 aromatic heterocycles. The Kier molecular flexibility index (Phi) is 4.58. The van der Waals surface area contributed by atoms with Gasteiger partial charge >= 0.3 is 0 Å². The number of para-hydroxylation sites is 1. The Balaban J connectivity index is 1.67. The van der Waals surface area contributed by atoms with Gasteiger partial charge in [-0.25, -0.2) is 0 Å². The summed E-state index contributed by atoms with van der Waals surface area (Å²) in [6, 6.07) is 10.0. The molecule has 0 bridgehead atoms. The van der Waals surface area contributed by atoms with Crippen LogP contribution in [-0.2, 0) is 13.2 Å². The number of rotatable bonds is 7. The van der Waals surface area contributed by atoms with Gasteiger partial charge in [0.25, 0.3) is 0 Å². The van der Waals surface area contributed by atoms with Crippen LogP contribution in [0.3, 0.4) is 0 Å². The zero-order valence-corrected chi connectivity index (χ0v) is 15.8. The van der Waals surface area contributed by atoms with E-state index in [1.54, 1.807) is 0 Å². The van der Waals surface area contributed by atoms with Crippen LogP contribution >= 0.6 is 0 Å². The molecule has 0 aliphatic heterocycles. The Morgan fingerprint density at radius 1 is 1.08 bits per heavy atom. The van der Waals surface area contributed by atoms with Gasteiger partial charge in [0.15, 0.2) is 0 Å². The highest BCUT2D eigenvalue weighted by molar-refractivity contribution is 5.86. The average Bonchev–Trinajstić information content (AvgIpc) is 3.44. The van der Waals surface area contributed by atoms with Crippen LogP contribution in [-0.4, -0.2) is 16.2 Å². The number of fused-ring (bicyclic) bond motifs is 1. The third-order valence-electron chi connectivity index (χ3n) is 5.25. The van der Waals surface area contributed by atoms with Crippen LogP contribution in [0.1, 0.15) is 36.6 Å². The van der Waals surface area contributed by atoms with Gasteiger partial charge in [0, 0.05) is 30.1 Å². The molecule has 0 saturated heterocycles. The van der Waals surface area contributed by atoms with Crippen molar-refractivity contribution in [1.29, 1.82) is 0 Å². The van der Waals surface area contributed by atoms with Crippen molar-refractivity contribution in [3.8, 4) is 11.5 Å². The average molecular weight is 350 g/mol. The van der Waals surface area contributed by atoms with E-state index in [0.717, 1.165) is 40.6 Å². The first-order valence-corrected chi connectivity index (χ1v) is 9.47. The van der Waals surface area contributed by atoms with E-state index in [2.05, 4.69) is 29.5 Å². The summed E-state index contributed by atoms with van der Waals surface area (Å²) >= 11 is 0. The number of aryl methyl sites for hydroxylation is 1. The van der Waals surface area contributed by atoms with Crippen molar-refractivity contribution >= 4 is 11.0 Å². The van der Waals surface area contributed by atoms with Crippen LogP contribution < -0.4 is 9.47 Å². The number of aromatic nitrogens is 2. The van der Waals surface area contributed by atoms with Gasteiger partial charge in [0.1, 0.15) is 23.6 Å². The predicted molar refractivity (Wildman–Crippen MR) is 104 cm³/mol. The maximum absolute atomic E-state index is 6.26. The van der Waals surface area contributed by atoms with Crippen molar-refractivity contribution in [1.82, 2.24) is 9.55 Å². The number of hydrogen-bond acceptors (Lipinski definition) is 3. The third-order valence-corrected chi connectivity index (χ3v) is 5.25. The second kappa shape index (κ2) is 7.02. The van der Waals surface area contributed by atoms with Crippen LogP contribution in [0.4, 0.5) is 0 Å². The molecule has 4 heteroatoms. The van der Waals surface area contributed by atoms with Crippen molar-refractivity contribution in [2.75, 3.05) is 6.61 Å². The van der Waals surface area contributed by atoms with E-state index in [4.69, 9.17) is 9.47 Å². The largest absolute Gasteiger partial charge is 0.493 e. The van der Waals surface area contributed by atoms with E-state index >= 15 is 0 Å². The lowest BCUT2D eigenvalue weighted by atomic mass is 10.2. The molecule has 0 unspecified atom stereocenters. The number of benzene rings is 1. The highest BCUT2D eigenvalue weighted by atomic mass is 16.5. The number of ether oxygens (including phenoxy) is 2. The molecular formula is C22H26N2O2. The van der Waals surface area contributed by atoms with E-state index in [1.165, 1.54) is 24.1 Å². The first-order valence-electron chi connectivity index (χ1n) is 9.47. The summed E-state index contributed by atoms with van der Waals surface area (Å²) in [5, 5.41) is 0. The Morgan fingerprint density at radius 3 is 2.65 bits per heavy atom. The summed E-state index contributed by atoms with van der Waals surface area (Å²) in [7, 11) is 0. The van der Waals surface area contributed by atoms with Gasteiger partial charge in [0.05, 0.1) is 12.1 Å². The second-order valence-electron chi connectivity index (χ2n) is 7.10. The minimum atomic E-state index is 0.488. The summed E-state index contributed by atoms with van der Waals surface area (Å²) < 4.78 is 14.4. The Bertz CT molecular complexity index is 925. The summed E-state index contributed by atoms with van der Waals surface area (Å²) in [5.74, 6) is 2.59. The zero-order chi connectivity index (χ0) is 18.1. The molecule has 1 aliphatic carbocycles. The zero-order valence-electron chi connectivity index (χ0n) is 15.8. The molecular weight excluding hydrogens is 324 g/mol. The van der Waals surface area contributed by atoms with E-state index in [9.17, 15) is 0 Å². The summed E-state index contributed by atoms with van der Waals surface area (Å²) in [6.45, 7) is 8.55. The smallest absolute Gasteiger partial charge is 0.147 e. The fraction of sp³-hybridized carbons (Fsp3) is 0.409. The van der Waals surface area contributed by atoms with Crippen LogP contribution in [0.2, 0.25) is 0 Å². The van der Waals surface area contributed by atoms with Crippen LogP contribution in [0, 0.1) is 19.8 Å². The predicted octanol–water partition coefficient (Wildman–Crippen LogP) is 5.04. The van der Waals surface area contributed by atoms with Crippen molar-refractivity contribution in [2.45, 2.75) is 46.8 Å². The molecule has 1 aromatic carbocycles. The van der Waals surface area contributed by atoms with Crippen molar-refractivity contribution in [2.24, 2.45) is 5.92 Å². The topological polar surface area (TPSA) is 36.3 Å². The molecule has 1 saturated carbocycles. The van der Waals surface area contributed by atoms with Crippen LogP contribution in [0.25, 0.3) is 11.0 Å². The maximum atomic E-state index is 6.26. The lowest BCUT2D eigenvalue weighted by Crippen LogP contribution is -2.05. The Morgan fingerprint density at radius 2 is 1.88 bits per heavy atom. The monoisotopic (exact) mass is 350 g/mol. The van der Waals surface area contributed by atoms with E-state index in [0.29, 0.717) is 13.2 Å². The lowest BCUT2D eigenvalue weighted by molar-refractivity contribution is 0.287. The molecule has 1 fully saturated rings. The van der Waals surface area contributed by atoms with Crippen molar-refractivity contribution < 1.29 is 9.47 Å². The Labute approximate surface area is 154 Å². The molecule has 3 aromatic rings. The van der Waals surface area contributed by atoms with E-state index < -0.39 is 0 Å². The number of hydrogen-bond donors (Lipinski definition) is 0. The molecule has 136 valence electrons. The van der Waals surface area contributed by atoms with E-state index in [-0.39, 0.29) is 0 Å². The van der Waals surface area contributed by atoms with Gasteiger partial charge in [-0.1, -0.05) is 18.2 Å². The standard InChI is InChI=1S/C22H26N2O2/c1-4-25-19-8-6-5-7-18(19)14-26-20-11-12-23-21-15(2)16(3)24(22(20)21)13-17-9-10-17/h5-8,11-12,17H,4,9-10,13-14H2,1-3H3. The number of pyridine rings is 1. The molecule has 0 radical (unpaired) electrons. The van der Waals surface area contributed by atoms with Crippen molar-refractivity contribution in [3.05, 3.63) is 53.3 Å². The summed E-state index contributed by atoms with van der Waals surface area (Å²) in [4.78, 5) is 4.63. The minimum absolute atomic E-state index is 0.488. The van der Waals surface area contributed by atoms with Gasteiger partial charge in [-0.15, -0.1) is 0 Å². The number of nitrogens with zero attached hydrogens (tertiary/aromatic N) is 2. The van der Waals surface area contributed by atoms with Crippen molar-refractivity contribution in [3.63, 3.8) is 0 Å². The van der Waals surface area contributed by atoms with Gasteiger partial charge in [-0.2, -0.15) is 0 Å². The van der Waals surface area contributed by atoms with E-state index in [1.807, 2.05) is 37.4 Å². The van der Waals surface area contributed by atoms with Crippen LogP contribution in [0.15, 0.2) is 36.5 Å². The summed E-state index contributed by atoms with van der Waals surface area (Å²) in [5.41, 5.74) is 5.79. The minimum Gasteiger partial charge on any atom is -0.493 e. The van der Waals surface area contributed by atoms with Gasteiger partial charge < -0.3 is 14.0 Å². The lowest BCUT2D eigenvalue weighted by Gasteiger charge is -2.14. The van der Waals surface area contributed by atoms with Gasteiger partial charge in [-0.05, 0) is 51.2 Å². The van der Waals surface area contributed by atoms with Crippen LogP contribution in [0.5, 0.6) is 11.5 Å². The molecule has 26 heavy (non-hydrogen) atoms. The third kappa shape index (κ3) is 3.16. The second-order valence-corrected chi connectivity index (χ2v) is 7.10. The molecule has 0 spiro atoms. The first-order chi connectivity index (χ1) is 12.7. The molecule has 4 rings (SSSR count). The van der Waals surface area contributed by atoms with Gasteiger partial charge in [-0.3, -0.25) is 4.98 Å². The highest BCUT2D eigenvalue weighted by Gasteiger charge is 2.25. The first kappa shape index (κ1) is 17.0. The molecule has 0 amide bonds. The van der Waals surface area contributed by atoms with Gasteiger partial charge in [0.2, 0.25) is 0 Å². The molecule has 4 nitrogen and oxygen atoms in total. The molecule has 1 aliphatic rings. The maximum Gasteiger partial charge on any atom is 0.147 e. The molecule has 2 heterocycles.